The summed E-state index contributed by atoms with van der Waals surface area (Å²) in [6.07, 6.45) is 8.52. The quantitative estimate of drug-likeness (QED) is 0.658. The lowest BCUT2D eigenvalue weighted by Crippen LogP contribution is -2.30. The molecule has 0 spiro atoms. The van der Waals surface area contributed by atoms with Crippen LogP contribution in [-0.4, -0.2) is 56.0 Å². The highest BCUT2D eigenvalue weighted by atomic mass is 32.2. The van der Waals surface area contributed by atoms with Gasteiger partial charge in [0.05, 0.1) is 7.11 Å². The minimum absolute atomic E-state index is 0.277. The van der Waals surface area contributed by atoms with Gasteiger partial charge < -0.3 is 14.6 Å². The van der Waals surface area contributed by atoms with E-state index in [9.17, 15) is 8.42 Å². The highest BCUT2D eigenvalue weighted by Crippen LogP contribution is 2.32. The summed E-state index contributed by atoms with van der Waals surface area (Å²) in [5.74, 6) is 1.65. The lowest BCUT2D eigenvalue weighted by Gasteiger charge is -2.27. The molecular weight excluding hydrogens is 412 g/mol. The molecule has 0 bridgehead atoms. The zero-order valence-electron chi connectivity index (χ0n) is 17.5. The Morgan fingerprint density at radius 1 is 1.10 bits per heavy atom. The molecule has 31 heavy (non-hydrogen) atoms. The molecule has 3 aromatic rings. The van der Waals surface area contributed by atoms with Crippen LogP contribution in [0.2, 0.25) is 0 Å². The zero-order chi connectivity index (χ0) is 21.4. The Labute approximate surface area is 182 Å². The molecule has 2 aliphatic rings. The molecule has 0 atom stereocenters. The minimum atomic E-state index is -3.42. The van der Waals surface area contributed by atoms with Crippen molar-refractivity contribution in [2.24, 2.45) is 0 Å². The number of rotatable bonds is 5. The van der Waals surface area contributed by atoms with Gasteiger partial charge in [0, 0.05) is 55.0 Å². The number of aromatic nitrogens is 2. The lowest BCUT2D eigenvalue weighted by molar-refractivity contribution is 0.415. The van der Waals surface area contributed by atoms with Crippen molar-refractivity contribution in [3.05, 3.63) is 54.4 Å². The van der Waals surface area contributed by atoms with Crippen LogP contribution < -0.4 is 9.64 Å². The number of ether oxygens (including phenoxy) is 1. The molecule has 162 valence electrons. The summed E-state index contributed by atoms with van der Waals surface area (Å²) in [6, 6.07) is 9.56. The number of anilines is 1. The molecule has 2 aliphatic heterocycles. The molecule has 1 aromatic carbocycles. The Morgan fingerprint density at radius 3 is 2.61 bits per heavy atom. The Balaban J connectivity index is 1.33. The molecule has 8 heteroatoms. The van der Waals surface area contributed by atoms with Crippen LogP contribution in [0, 0.1) is 0 Å². The van der Waals surface area contributed by atoms with Crippen LogP contribution in [0.15, 0.2) is 53.7 Å². The summed E-state index contributed by atoms with van der Waals surface area (Å²) in [6.45, 7) is 2.76. The van der Waals surface area contributed by atoms with E-state index in [4.69, 9.17) is 4.74 Å². The highest BCUT2D eigenvalue weighted by molar-refractivity contribution is 7.89. The maximum atomic E-state index is 12.7. The van der Waals surface area contributed by atoms with Crippen LogP contribution in [-0.2, 0) is 10.0 Å². The number of fused-ring (bicyclic) bond motifs is 1. The highest BCUT2D eigenvalue weighted by Gasteiger charge is 2.27. The molecule has 4 heterocycles. The second-order valence-electron chi connectivity index (χ2n) is 8.00. The maximum absolute atomic E-state index is 12.7. The van der Waals surface area contributed by atoms with Crippen molar-refractivity contribution in [2.75, 3.05) is 38.2 Å². The van der Waals surface area contributed by atoms with Gasteiger partial charge >= 0.3 is 0 Å². The average Bonchev–Trinajstić information content (AvgIpc) is 3.49. The SMILES string of the molecule is COc1ccc2[nH]cc(C3=CCN(c4ccc(S(=O)(=O)N5CCCC5)cn4)CC3)c2c1. The topological polar surface area (TPSA) is 78.5 Å². The predicted octanol–water partition coefficient (Wildman–Crippen LogP) is 3.65. The number of aromatic amines is 1. The molecule has 0 unspecified atom stereocenters. The van der Waals surface area contributed by atoms with Gasteiger partial charge in [0.15, 0.2) is 0 Å². The fraction of sp³-hybridized carbons (Fsp3) is 0.348. The van der Waals surface area contributed by atoms with Crippen LogP contribution in [0.5, 0.6) is 5.75 Å². The van der Waals surface area contributed by atoms with E-state index in [0.29, 0.717) is 13.1 Å². The normalized spacial score (nSPS) is 17.8. The molecule has 0 saturated carbocycles. The molecule has 0 amide bonds. The number of pyridine rings is 1. The van der Waals surface area contributed by atoms with Crippen molar-refractivity contribution >= 4 is 32.3 Å². The third kappa shape index (κ3) is 3.70. The number of methoxy groups -OCH3 is 1. The van der Waals surface area contributed by atoms with Crippen molar-refractivity contribution in [3.8, 4) is 5.75 Å². The van der Waals surface area contributed by atoms with Crippen LogP contribution >= 0.6 is 0 Å². The maximum Gasteiger partial charge on any atom is 0.244 e. The van der Waals surface area contributed by atoms with Crippen LogP contribution in [0.3, 0.4) is 0 Å². The van der Waals surface area contributed by atoms with Gasteiger partial charge in [-0.05, 0) is 55.2 Å². The molecule has 1 N–H and O–H groups in total. The number of nitrogens with zero attached hydrogens (tertiary/aromatic N) is 3. The van der Waals surface area contributed by atoms with E-state index >= 15 is 0 Å². The largest absolute Gasteiger partial charge is 0.497 e. The molecule has 0 radical (unpaired) electrons. The molecule has 5 rings (SSSR count). The van der Waals surface area contributed by atoms with Gasteiger partial charge in [0.1, 0.15) is 16.5 Å². The molecule has 7 nitrogen and oxygen atoms in total. The summed E-state index contributed by atoms with van der Waals surface area (Å²) < 4.78 is 32.3. The van der Waals surface area contributed by atoms with Crippen LogP contribution in [0.25, 0.3) is 16.5 Å². The number of sulfonamides is 1. The molecule has 1 saturated heterocycles. The van der Waals surface area contributed by atoms with Gasteiger partial charge in [-0.1, -0.05) is 6.08 Å². The minimum Gasteiger partial charge on any atom is -0.497 e. The fourth-order valence-electron chi connectivity index (χ4n) is 4.40. The van der Waals surface area contributed by atoms with Gasteiger partial charge in [0.2, 0.25) is 10.0 Å². The first kappa shape index (κ1) is 20.1. The Kier molecular flexibility index (Phi) is 5.19. The lowest BCUT2D eigenvalue weighted by atomic mass is 9.99. The third-order valence-electron chi connectivity index (χ3n) is 6.19. The summed E-state index contributed by atoms with van der Waals surface area (Å²) in [5, 5.41) is 1.16. The second kappa shape index (κ2) is 8.01. The van der Waals surface area contributed by atoms with Gasteiger partial charge in [-0.3, -0.25) is 0 Å². The number of hydrogen-bond acceptors (Lipinski definition) is 5. The smallest absolute Gasteiger partial charge is 0.244 e. The molecular formula is C23H26N4O3S. The Morgan fingerprint density at radius 2 is 1.94 bits per heavy atom. The van der Waals surface area contributed by atoms with Gasteiger partial charge in [-0.2, -0.15) is 4.31 Å². The molecule has 1 fully saturated rings. The summed E-state index contributed by atoms with van der Waals surface area (Å²) in [5.41, 5.74) is 3.59. The fourth-order valence-corrected chi connectivity index (χ4v) is 5.87. The van der Waals surface area contributed by atoms with Crippen molar-refractivity contribution in [1.82, 2.24) is 14.3 Å². The van der Waals surface area contributed by atoms with E-state index in [0.717, 1.165) is 54.8 Å². The third-order valence-corrected chi connectivity index (χ3v) is 8.07. The summed E-state index contributed by atoms with van der Waals surface area (Å²) in [7, 11) is -1.74. The van der Waals surface area contributed by atoms with E-state index < -0.39 is 10.0 Å². The predicted molar refractivity (Wildman–Crippen MR) is 122 cm³/mol. The number of benzene rings is 1. The Bertz CT molecular complexity index is 1230. The van der Waals surface area contributed by atoms with E-state index in [-0.39, 0.29) is 4.90 Å². The van der Waals surface area contributed by atoms with E-state index in [1.165, 1.54) is 17.3 Å². The first-order chi connectivity index (χ1) is 15.1. The number of hydrogen-bond donors (Lipinski definition) is 1. The van der Waals surface area contributed by atoms with Gasteiger partial charge in [0.25, 0.3) is 0 Å². The van der Waals surface area contributed by atoms with Gasteiger partial charge in [-0.15, -0.1) is 0 Å². The van der Waals surface area contributed by atoms with Gasteiger partial charge in [-0.25, -0.2) is 13.4 Å². The van der Waals surface area contributed by atoms with E-state index in [1.807, 2.05) is 18.2 Å². The van der Waals surface area contributed by atoms with E-state index in [2.05, 4.69) is 33.2 Å². The molecule has 0 aliphatic carbocycles. The van der Waals surface area contributed by atoms with Crippen molar-refractivity contribution in [3.63, 3.8) is 0 Å². The standard InChI is InChI=1S/C23H26N4O3S/c1-30-18-4-6-22-20(14-18)21(16-24-22)17-8-12-26(13-9-17)23-7-5-19(15-25-23)31(28,29)27-10-2-3-11-27/h4-8,14-16,24H,2-3,9-13H2,1H3. The van der Waals surface area contributed by atoms with Crippen LogP contribution in [0.1, 0.15) is 24.8 Å². The zero-order valence-corrected chi connectivity index (χ0v) is 18.4. The first-order valence-electron chi connectivity index (χ1n) is 10.6. The Hall–Kier alpha value is -2.84. The van der Waals surface area contributed by atoms with Crippen LogP contribution in [0.4, 0.5) is 5.82 Å². The first-order valence-corrected chi connectivity index (χ1v) is 12.1. The average molecular weight is 439 g/mol. The monoisotopic (exact) mass is 438 g/mol. The summed E-state index contributed by atoms with van der Waals surface area (Å²) >= 11 is 0. The number of H-pyrrole nitrogens is 1. The van der Waals surface area contributed by atoms with Crippen molar-refractivity contribution < 1.29 is 13.2 Å². The van der Waals surface area contributed by atoms with Crippen molar-refractivity contribution in [2.45, 2.75) is 24.2 Å². The van der Waals surface area contributed by atoms with Crippen molar-refractivity contribution in [1.29, 1.82) is 0 Å². The second-order valence-corrected chi connectivity index (χ2v) is 9.94. The molecule has 2 aromatic heterocycles. The number of nitrogens with one attached hydrogen (secondary N) is 1. The van der Waals surface area contributed by atoms with E-state index in [1.54, 1.807) is 17.5 Å². The summed E-state index contributed by atoms with van der Waals surface area (Å²) in [4.78, 5) is 10.3.